The predicted octanol–water partition coefficient (Wildman–Crippen LogP) is 5.03. The maximum absolute atomic E-state index is 11.7. The highest BCUT2D eigenvalue weighted by Gasteiger charge is 2.51. The number of hydrogen-bond acceptors (Lipinski definition) is 4. The van der Waals surface area contributed by atoms with Crippen molar-refractivity contribution < 1.29 is 19.7 Å². The van der Waals surface area contributed by atoms with Crippen LogP contribution in [0.5, 0.6) is 0 Å². The molecule has 2 N–H and O–H groups in total. The molecule has 4 aliphatic rings. The van der Waals surface area contributed by atoms with Crippen LogP contribution in [0.3, 0.4) is 0 Å². The second kappa shape index (κ2) is 8.71. The summed E-state index contributed by atoms with van der Waals surface area (Å²) in [7, 11) is 0. The van der Waals surface area contributed by atoms with Crippen LogP contribution in [0.25, 0.3) is 0 Å². The number of ether oxygens (including phenoxy) is 1. The molecule has 3 aliphatic carbocycles. The number of aliphatic hydroxyl groups excluding tert-OH is 2. The summed E-state index contributed by atoms with van der Waals surface area (Å²) in [5.41, 5.74) is 4.28. The molecule has 4 nitrogen and oxygen atoms in total. The first-order valence-corrected chi connectivity index (χ1v) is 12.0. The molecule has 31 heavy (non-hydrogen) atoms. The Labute approximate surface area is 186 Å². The molecule has 1 heterocycles. The molecule has 7 atom stereocenters. The van der Waals surface area contributed by atoms with Crippen molar-refractivity contribution in [2.24, 2.45) is 23.2 Å². The van der Waals surface area contributed by atoms with Crippen LogP contribution in [0, 0.1) is 23.2 Å². The van der Waals surface area contributed by atoms with Gasteiger partial charge < -0.3 is 14.9 Å². The van der Waals surface area contributed by atoms with Crippen LogP contribution in [0.1, 0.15) is 72.1 Å². The molecule has 1 aliphatic heterocycles. The molecule has 0 radical (unpaired) electrons. The van der Waals surface area contributed by atoms with E-state index in [0.29, 0.717) is 30.6 Å². The Bertz CT molecular complexity index is 834. The summed E-state index contributed by atoms with van der Waals surface area (Å²) < 4.78 is 5.53. The Hall–Kier alpha value is -1.65. The lowest BCUT2D eigenvalue weighted by Crippen LogP contribution is -2.36. The molecule has 4 rings (SSSR count). The summed E-state index contributed by atoms with van der Waals surface area (Å²) in [4.78, 5) is 11.7. The van der Waals surface area contributed by atoms with E-state index >= 15 is 0 Å². The molecule has 4 heteroatoms. The molecular formula is C27H38O4. The second-order valence-electron chi connectivity index (χ2n) is 10.7. The number of rotatable bonds is 4. The number of fused-ring (bicyclic) bond motifs is 1. The summed E-state index contributed by atoms with van der Waals surface area (Å²) in [5.74, 6) is 1.56. The highest BCUT2D eigenvalue weighted by Crippen LogP contribution is 2.60. The summed E-state index contributed by atoms with van der Waals surface area (Å²) >= 11 is 0. The Kier molecular flexibility index (Phi) is 6.33. The van der Waals surface area contributed by atoms with Crippen LogP contribution >= 0.6 is 0 Å². The van der Waals surface area contributed by atoms with Gasteiger partial charge in [-0.25, -0.2) is 4.79 Å². The third-order valence-electron chi connectivity index (χ3n) is 8.61. The van der Waals surface area contributed by atoms with Gasteiger partial charge in [-0.2, -0.15) is 0 Å². The Morgan fingerprint density at radius 3 is 2.81 bits per heavy atom. The first-order chi connectivity index (χ1) is 14.7. The van der Waals surface area contributed by atoms with Crippen molar-refractivity contribution >= 4 is 5.97 Å². The zero-order valence-electron chi connectivity index (χ0n) is 19.3. The average Bonchev–Trinajstić information content (AvgIpc) is 3.22. The fourth-order valence-electron chi connectivity index (χ4n) is 6.94. The van der Waals surface area contributed by atoms with Crippen molar-refractivity contribution in [2.75, 3.05) is 0 Å². The summed E-state index contributed by atoms with van der Waals surface area (Å²) in [6.45, 7) is 10.7. The number of aliphatic hydroxyl groups is 2. The van der Waals surface area contributed by atoms with Crippen LogP contribution < -0.4 is 0 Å². The SMILES string of the molecule is C=C1/C(=C\C=C2/CCC[C@]3(C)[C@@H]([C@H](C)C[C@H]4C=C(C)C(=O)O4)CC[C@@H]23)C[C@@H](O)C[C@@H]1O. The summed E-state index contributed by atoms with van der Waals surface area (Å²) in [6.07, 6.45) is 13.1. The van der Waals surface area contributed by atoms with Crippen molar-refractivity contribution in [1.29, 1.82) is 0 Å². The minimum atomic E-state index is -0.635. The Balaban J connectivity index is 1.48. The van der Waals surface area contributed by atoms with Gasteiger partial charge in [-0.1, -0.05) is 38.2 Å². The smallest absolute Gasteiger partial charge is 0.334 e. The maximum Gasteiger partial charge on any atom is 0.334 e. The third-order valence-corrected chi connectivity index (χ3v) is 8.61. The van der Waals surface area contributed by atoms with Crippen molar-refractivity contribution in [1.82, 2.24) is 0 Å². The van der Waals surface area contributed by atoms with Crippen LogP contribution in [0.2, 0.25) is 0 Å². The van der Waals surface area contributed by atoms with Crippen LogP contribution in [-0.4, -0.2) is 34.5 Å². The lowest BCUT2D eigenvalue weighted by molar-refractivity contribution is -0.140. The number of esters is 1. The fraction of sp³-hybridized carbons (Fsp3) is 0.667. The van der Waals surface area contributed by atoms with E-state index in [9.17, 15) is 15.0 Å². The quantitative estimate of drug-likeness (QED) is 0.619. The van der Waals surface area contributed by atoms with Gasteiger partial charge in [0.2, 0.25) is 0 Å². The van der Waals surface area contributed by atoms with E-state index in [1.54, 1.807) is 0 Å². The number of carbonyl (C=O) groups excluding carboxylic acids is 1. The van der Waals surface area contributed by atoms with Gasteiger partial charge in [0.05, 0.1) is 12.2 Å². The minimum absolute atomic E-state index is 0.0661. The lowest BCUT2D eigenvalue weighted by atomic mass is 9.60. The molecule has 0 spiro atoms. The van der Waals surface area contributed by atoms with Gasteiger partial charge in [0.1, 0.15) is 6.10 Å². The molecule has 3 saturated carbocycles. The zero-order chi connectivity index (χ0) is 22.3. The summed E-state index contributed by atoms with van der Waals surface area (Å²) in [6, 6.07) is 0. The van der Waals surface area contributed by atoms with E-state index in [-0.39, 0.29) is 17.5 Å². The molecular weight excluding hydrogens is 388 g/mol. The molecule has 0 aromatic carbocycles. The molecule has 0 aromatic heterocycles. The van der Waals surface area contributed by atoms with Gasteiger partial charge in [0.15, 0.2) is 0 Å². The second-order valence-corrected chi connectivity index (χ2v) is 10.7. The molecule has 0 amide bonds. The molecule has 0 saturated heterocycles. The van der Waals surface area contributed by atoms with Gasteiger partial charge in [-0.15, -0.1) is 0 Å². The molecule has 170 valence electrons. The van der Waals surface area contributed by atoms with Crippen molar-refractivity contribution in [3.63, 3.8) is 0 Å². The first kappa shape index (κ1) is 22.5. The standard InChI is InChI=1S/C27H38O4/c1-16(12-22-13-17(2)26(30)31-22)23-9-10-24-19(6-5-11-27(23,24)4)7-8-20-14-21(28)15-25(29)18(20)3/h7-8,13,16,21-25,28-29H,3,5-6,9-12,14-15H2,1-2,4H3/b19-7+,20-8-/t16-,21-,22+,23-,24+,25+,27-/m1/s1. The van der Waals surface area contributed by atoms with E-state index in [0.717, 1.165) is 29.6 Å². The third kappa shape index (κ3) is 4.34. The number of cyclic esters (lactones) is 1. The number of carbonyl (C=O) groups is 1. The number of hydrogen-bond donors (Lipinski definition) is 2. The van der Waals surface area contributed by atoms with Gasteiger partial charge in [-0.3, -0.25) is 0 Å². The van der Waals surface area contributed by atoms with Gasteiger partial charge >= 0.3 is 5.97 Å². The zero-order valence-corrected chi connectivity index (χ0v) is 19.3. The van der Waals surface area contributed by atoms with E-state index in [4.69, 9.17) is 4.74 Å². The van der Waals surface area contributed by atoms with Gasteiger partial charge in [0, 0.05) is 12.0 Å². The molecule has 0 aromatic rings. The topological polar surface area (TPSA) is 66.8 Å². The lowest BCUT2D eigenvalue weighted by Gasteiger charge is -2.44. The van der Waals surface area contributed by atoms with Gasteiger partial charge in [-0.05, 0) is 92.3 Å². The highest BCUT2D eigenvalue weighted by molar-refractivity contribution is 5.90. The Morgan fingerprint density at radius 1 is 1.32 bits per heavy atom. The molecule has 0 bridgehead atoms. The maximum atomic E-state index is 11.7. The van der Waals surface area contributed by atoms with Crippen LogP contribution in [0.15, 0.2) is 47.1 Å². The van der Waals surface area contributed by atoms with E-state index < -0.39 is 12.2 Å². The van der Waals surface area contributed by atoms with E-state index in [1.807, 2.05) is 13.0 Å². The highest BCUT2D eigenvalue weighted by atomic mass is 16.5. The van der Waals surface area contributed by atoms with E-state index in [1.165, 1.54) is 31.3 Å². The monoisotopic (exact) mass is 426 g/mol. The number of allylic oxidation sites excluding steroid dienone is 3. The van der Waals surface area contributed by atoms with Crippen LogP contribution in [0.4, 0.5) is 0 Å². The normalized spacial score (nSPS) is 42.0. The van der Waals surface area contributed by atoms with Crippen molar-refractivity contribution in [2.45, 2.75) is 90.4 Å². The first-order valence-electron chi connectivity index (χ1n) is 12.0. The summed E-state index contributed by atoms with van der Waals surface area (Å²) in [5, 5.41) is 20.2. The van der Waals surface area contributed by atoms with Gasteiger partial charge in [0.25, 0.3) is 0 Å². The van der Waals surface area contributed by atoms with Crippen molar-refractivity contribution in [3.05, 3.63) is 47.1 Å². The molecule has 3 fully saturated rings. The fourth-order valence-corrected chi connectivity index (χ4v) is 6.94. The van der Waals surface area contributed by atoms with E-state index in [2.05, 4.69) is 32.6 Å². The predicted molar refractivity (Wildman–Crippen MR) is 122 cm³/mol. The largest absolute Gasteiger partial charge is 0.455 e. The van der Waals surface area contributed by atoms with Crippen LogP contribution in [-0.2, 0) is 9.53 Å². The molecule has 0 unspecified atom stereocenters. The average molecular weight is 427 g/mol. The minimum Gasteiger partial charge on any atom is -0.455 e. The Morgan fingerprint density at radius 2 is 2.10 bits per heavy atom. The van der Waals surface area contributed by atoms with Crippen molar-refractivity contribution in [3.8, 4) is 0 Å².